The monoisotopic (exact) mass is 351 g/mol. The van der Waals surface area contributed by atoms with E-state index in [0.29, 0.717) is 39.0 Å². The van der Waals surface area contributed by atoms with E-state index in [-0.39, 0.29) is 30.1 Å². The maximum absolute atomic E-state index is 12.5. The second-order valence-corrected chi connectivity index (χ2v) is 7.37. The Bertz CT molecular complexity index is 607. The van der Waals surface area contributed by atoms with E-state index in [1.807, 2.05) is 18.7 Å². The molecule has 0 unspecified atom stereocenters. The Balaban J connectivity index is 1.50. The average Bonchev–Trinajstić information content (AvgIpc) is 2.95. The van der Waals surface area contributed by atoms with Crippen LogP contribution in [0.15, 0.2) is 0 Å². The molecule has 1 spiro atoms. The fourth-order valence-electron chi connectivity index (χ4n) is 4.15. The number of hydrogen-bond acceptors (Lipinski definition) is 5. The highest BCUT2D eigenvalue weighted by Crippen LogP contribution is 2.50. The summed E-state index contributed by atoms with van der Waals surface area (Å²) in [5, 5.41) is 26.4. The van der Waals surface area contributed by atoms with Crippen LogP contribution < -0.4 is 0 Å². The van der Waals surface area contributed by atoms with Crippen LogP contribution in [0.4, 0.5) is 0 Å². The first-order valence-electron chi connectivity index (χ1n) is 9.16. The molecule has 2 heterocycles. The molecular formula is C18H29N3O4. The SMILES string of the molecule is Cc1[nH]nc(CCC(=O)N2CCC3(CC2)[C@@H](O)C[C@H]3OCCO)c1C. The van der Waals surface area contributed by atoms with Crippen LogP contribution >= 0.6 is 0 Å². The maximum Gasteiger partial charge on any atom is 0.222 e. The minimum absolute atomic E-state index is 0.000628. The summed E-state index contributed by atoms with van der Waals surface area (Å²) in [4.78, 5) is 14.4. The van der Waals surface area contributed by atoms with Gasteiger partial charge < -0.3 is 19.8 Å². The number of amides is 1. The number of aromatic nitrogens is 2. The quantitative estimate of drug-likeness (QED) is 0.701. The summed E-state index contributed by atoms with van der Waals surface area (Å²) in [6.07, 6.45) is 2.91. The van der Waals surface area contributed by atoms with Crippen molar-refractivity contribution >= 4 is 5.91 Å². The molecule has 1 aromatic heterocycles. The third kappa shape index (κ3) is 3.45. The lowest BCUT2D eigenvalue weighted by Crippen LogP contribution is -2.62. The minimum Gasteiger partial charge on any atom is -0.394 e. The van der Waals surface area contributed by atoms with Crippen molar-refractivity contribution in [2.75, 3.05) is 26.3 Å². The van der Waals surface area contributed by atoms with Crippen LogP contribution in [0.3, 0.4) is 0 Å². The fraction of sp³-hybridized carbons (Fsp3) is 0.778. The van der Waals surface area contributed by atoms with Crippen molar-refractivity contribution in [1.82, 2.24) is 15.1 Å². The van der Waals surface area contributed by atoms with Crippen molar-refractivity contribution in [2.24, 2.45) is 5.41 Å². The zero-order valence-corrected chi connectivity index (χ0v) is 15.1. The smallest absolute Gasteiger partial charge is 0.222 e. The molecule has 2 fully saturated rings. The number of ether oxygens (including phenoxy) is 1. The number of H-pyrrole nitrogens is 1. The summed E-state index contributed by atoms with van der Waals surface area (Å²) in [7, 11) is 0. The Morgan fingerprint density at radius 2 is 2.12 bits per heavy atom. The molecule has 3 N–H and O–H groups in total. The molecule has 2 aliphatic rings. The predicted octanol–water partition coefficient (Wildman–Crippen LogP) is 0.710. The molecule has 1 saturated heterocycles. The first-order chi connectivity index (χ1) is 12.0. The maximum atomic E-state index is 12.5. The van der Waals surface area contributed by atoms with Gasteiger partial charge in [-0.15, -0.1) is 0 Å². The third-order valence-electron chi connectivity index (χ3n) is 6.13. The highest BCUT2D eigenvalue weighted by atomic mass is 16.5. The number of piperidine rings is 1. The number of aryl methyl sites for hydroxylation is 2. The van der Waals surface area contributed by atoms with E-state index < -0.39 is 0 Å². The van der Waals surface area contributed by atoms with Gasteiger partial charge in [-0.3, -0.25) is 9.89 Å². The first kappa shape index (κ1) is 18.4. The lowest BCUT2D eigenvalue weighted by molar-refractivity contribution is -0.213. The number of nitrogens with one attached hydrogen (secondary N) is 1. The Morgan fingerprint density at radius 1 is 1.40 bits per heavy atom. The molecule has 1 saturated carbocycles. The van der Waals surface area contributed by atoms with Crippen molar-refractivity contribution in [3.8, 4) is 0 Å². The van der Waals surface area contributed by atoms with Gasteiger partial charge in [0, 0.05) is 43.5 Å². The Hall–Kier alpha value is -1.44. The van der Waals surface area contributed by atoms with E-state index in [4.69, 9.17) is 9.84 Å². The van der Waals surface area contributed by atoms with Crippen LogP contribution in [-0.4, -0.2) is 69.7 Å². The van der Waals surface area contributed by atoms with E-state index in [2.05, 4.69) is 10.2 Å². The zero-order valence-electron chi connectivity index (χ0n) is 15.1. The van der Waals surface area contributed by atoms with Crippen molar-refractivity contribution in [3.05, 3.63) is 17.0 Å². The number of carbonyl (C=O) groups is 1. The molecule has 1 aromatic rings. The van der Waals surface area contributed by atoms with Gasteiger partial charge in [-0.05, 0) is 32.3 Å². The van der Waals surface area contributed by atoms with Crippen molar-refractivity contribution in [1.29, 1.82) is 0 Å². The van der Waals surface area contributed by atoms with Gasteiger partial charge in [-0.2, -0.15) is 5.10 Å². The van der Waals surface area contributed by atoms with Crippen molar-refractivity contribution < 1.29 is 19.7 Å². The Morgan fingerprint density at radius 3 is 2.68 bits per heavy atom. The molecule has 0 radical (unpaired) electrons. The summed E-state index contributed by atoms with van der Waals surface area (Å²) < 4.78 is 5.68. The van der Waals surface area contributed by atoms with Crippen LogP contribution in [0.1, 0.15) is 42.6 Å². The minimum atomic E-state index is -0.358. The summed E-state index contributed by atoms with van der Waals surface area (Å²) in [5.41, 5.74) is 2.91. The summed E-state index contributed by atoms with van der Waals surface area (Å²) in [5.74, 6) is 0.150. The van der Waals surface area contributed by atoms with E-state index >= 15 is 0 Å². The molecule has 7 nitrogen and oxygen atoms in total. The van der Waals surface area contributed by atoms with Gasteiger partial charge in [0.05, 0.1) is 31.1 Å². The number of carbonyl (C=O) groups excluding carboxylic acids is 1. The Labute approximate surface area is 148 Å². The van der Waals surface area contributed by atoms with Crippen molar-refractivity contribution in [3.63, 3.8) is 0 Å². The molecule has 140 valence electrons. The Kier molecular flexibility index (Phi) is 5.46. The summed E-state index contributed by atoms with van der Waals surface area (Å²) in [6, 6.07) is 0. The number of aliphatic hydroxyl groups is 2. The number of hydrogen-bond donors (Lipinski definition) is 3. The first-order valence-corrected chi connectivity index (χ1v) is 9.16. The van der Waals surface area contributed by atoms with Crippen LogP contribution in [0, 0.1) is 19.3 Å². The third-order valence-corrected chi connectivity index (χ3v) is 6.13. The second kappa shape index (κ2) is 7.43. The molecular weight excluding hydrogens is 322 g/mol. The number of likely N-dealkylation sites (tertiary alicyclic amines) is 1. The van der Waals surface area contributed by atoms with Crippen LogP contribution in [0.2, 0.25) is 0 Å². The summed E-state index contributed by atoms with van der Waals surface area (Å²) >= 11 is 0. The van der Waals surface area contributed by atoms with Gasteiger partial charge in [0.1, 0.15) is 0 Å². The fourth-order valence-corrected chi connectivity index (χ4v) is 4.15. The normalized spacial score (nSPS) is 25.2. The standard InChI is InChI=1S/C18H29N3O4/c1-12-13(2)19-20-14(12)3-4-17(24)21-7-5-18(6-8-21)15(23)11-16(18)25-10-9-22/h15-16,22-23H,3-11H2,1-2H3,(H,19,20)/t15-,16+/m0/s1. The van der Waals surface area contributed by atoms with Gasteiger partial charge in [-0.1, -0.05) is 0 Å². The molecule has 1 amide bonds. The lowest BCUT2D eigenvalue weighted by Gasteiger charge is -2.56. The molecule has 3 rings (SSSR count). The number of aliphatic hydroxyl groups excluding tert-OH is 2. The van der Waals surface area contributed by atoms with E-state index in [9.17, 15) is 9.90 Å². The van der Waals surface area contributed by atoms with Gasteiger partial charge in [0.25, 0.3) is 0 Å². The molecule has 1 aliphatic carbocycles. The van der Waals surface area contributed by atoms with Crippen molar-refractivity contribution in [2.45, 2.75) is 58.2 Å². The van der Waals surface area contributed by atoms with Gasteiger partial charge >= 0.3 is 0 Å². The van der Waals surface area contributed by atoms with Gasteiger partial charge in [0.2, 0.25) is 5.91 Å². The van der Waals surface area contributed by atoms with Crippen LogP contribution in [0.25, 0.3) is 0 Å². The highest BCUT2D eigenvalue weighted by Gasteiger charge is 2.56. The van der Waals surface area contributed by atoms with Gasteiger partial charge in [0.15, 0.2) is 0 Å². The average molecular weight is 351 g/mol. The highest BCUT2D eigenvalue weighted by molar-refractivity contribution is 5.76. The molecule has 7 heteroatoms. The zero-order chi connectivity index (χ0) is 18.0. The second-order valence-electron chi connectivity index (χ2n) is 7.37. The number of nitrogens with zero attached hydrogens (tertiary/aromatic N) is 2. The van der Waals surface area contributed by atoms with E-state index in [0.717, 1.165) is 29.8 Å². The number of rotatable bonds is 6. The summed E-state index contributed by atoms with van der Waals surface area (Å²) in [6.45, 7) is 5.63. The molecule has 0 aromatic carbocycles. The van der Waals surface area contributed by atoms with Crippen LogP contribution in [0.5, 0.6) is 0 Å². The van der Waals surface area contributed by atoms with E-state index in [1.165, 1.54) is 0 Å². The van der Waals surface area contributed by atoms with Gasteiger partial charge in [-0.25, -0.2) is 0 Å². The predicted molar refractivity (Wildman–Crippen MR) is 92.1 cm³/mol. The molecule has 0 bridgehead atoms. The lowest BCUT2D eigenvalue weighted by atomic mass is 9.58. The molecule has 1 aliphatic heterocycles. The van der Waals surface area contributed by atoms with Crippen LogP contribution in [-0.2, 0) is 16.0 Å². The van der Waals surface area contributed by atoms with E-state index in [1.54, 1.807) is 0 Å². The molecule has 25 heavy (non-hydrogen) atoms. The number of aromatic amines is 1. The topological polar surface area (TPSA) is 98.7 Å². The molecule has 2 atom stereocenters. The largest absolute Gasteiger partial charge is 0.394 e.